The van der Waals surface area contributed by atoms with E-state index in [1.807, 2.05) is 31.4 Å². The molecule has 0 bridgehead atoms. The van der Waals surface area contributed by atoms with E-state index >= 15 is 0 Å². The van der Waals surface area contributed by atoms with Gasteiger partial charge in [-0.2, -0.15) is 0 Å². The maximum absolute atomic E-state index is 12.3. The molecule has 0 unspecified atom stereocenters. The number of nitrogens with two attached hydrogens (primary N) is 1. The van der Waals surface area contributed by atoms with Crippen LogP contribution in [0.2, 0.25) is 0 Å². The largest absolute Gasteiger partial charge is 0.382 e. The third-order valence-corrected chi connectivity index (χ3v) is 8.14. The molecule has 0 spiro atoms. The molecule has 0 aliphatic heterocycles. The Morgan fingerprint density at radius 3 is 2.79 bits per heavy atom. The molecule has 1 aromatic carbocycles. The summed E-state index contributed by atoms with van der Waals surface area (Å²) < 4.78 is 29.2. The molecule has 0 radical (unpaired) electrons. The molecule has 2 heterocycles. The van der Waals surface area contributed by atoms with Gasteiger partial charge >= 0.3 is 0 Å². The van der Waals surface area contributed by atoms with Crippen LogP contribution in [0.3, 0.4) is 0 Å². The molecule has 3 aromatic rings. The van der Waals surface area contributed by atoms with Crippen molar-refractivity contribution in [2.24, 2.45) is 5.92 Å². The molecule has 3 N–H and O–H groups in total. The van der Waals surface area contributed by atoms with Gasteiger partial charge in [0.1, 0.15) is 6.33 Å². The summed E-state index contributed by atoms with van der Waals surface area (Å²) in [4.78, 5) is 26.2. The average molecular weight is 489 g/mol. The number of sulfonamides is 1. The lowest BCUT2D eigenvalue weighted by molar-refractivity contribution is 0.0994. The van der Waals surface area contributed by atoms with Crippen molar-refractivity contribution < 1.29 is 13.2 Å². The van der Waals surface area contributed by atoms with Crippen LogP contribution in [0.25, 0.3) is 11.2 Å². The number of aryl methyl sites for hydroxylation is 3. The van der Waals surface area contributed by atoms with Crippen molar-refractivity contribution in [2.45, 2.75) is 56.6 Å². The Morgan fingerprint density at radius 2 is 2.03 bits per heavy atom. The molecule has 33 heavy (non-hydrogen) atoms. The number of carbonyl (C=O) groups excluding carboxylic acids is 1. The normalized spacial score (nSPS) is 13.9. The number of fused-ring (bicyclic) bond motifs is 2. The van der Waals surface area contributed by atoms with Crippen LogP contribution in [0, 0.1) is 12.8 Å². The smallest absolute Gasteiger partial charge is 0.211 e. The summed E-state index contributed by atoms with van der Waals surface area (Å²) in [5, 5.41) is 0.637. The van der Waals surface area contributed by atoms with Gasteiger partial charge in [0, 0.05) is 30.0 Å². The molecule has 0 saturated carbocycles. The predicted molar refractivity (Wildman–Crippen MR) is 129 cm³/mol. The lowest BCUT2D eigenvalue weighted by Gasteiger charge is -2.12. The van der Waals surface area contributed by atoms with Crippen LogP contribution in [0.1, 0.15) is 48.2 Å². The quantitative estimate of drug-likeness (QED) is 0.470. The van der Waals surface area contributed by atoms with E-state index in [0.717, 1.165) is 28.0 Å². The maximum atomic E-state index is 12.3. The number of nitrogens with zero attached hydrogens (tertiary/aromatic N) is 4. The van der Waals surface area contributed by atoms with E-state index < -0.39 is 10.0 Å². The fraction of sp³-hybridized carbons (Fsp3) is 0.455. The summed E-state index contributed by atoms with van der Waals surface area (Å²) in [5.41, 5.74) is 10.00. The van der Waals surface area contributed by atoms with Gasteiger partial charge in [-0.1, -0.05) is 31.7 Å². The maximum Gasteiger partial charge on any atom is 0.211 e. The number of carbonyl (C=O) groups is 1. The van der Waals surface area contributed by atoms with Gasteiger partial charge in [0.2, 0.25) is 10.0 Å². The second-order valence-electron chi connectivity index (χ2n) is 8.69. The topological polar surface area (TPSA) is 133 Å². The van der Waals surface area contributed by atoms with Crippen LogP contribution < -0.4 is 10.5 Å². The van der Waals surface area contributed by atoms with Gasteiger partial charge in [-0.25, -0.2) is 28.1 Å². The van der Waals surface area contributed by atoms with Gasteiger partial charge in [-0.3, -0.25) is 4.79 Å². The predicted octanol–water partition coefficient (Wildman–Crippen LogP) is 2.96. The molecule has 1 aliphatic carbocycles. The fourth-order valence-corrected chi connectivity index (χ4v) is 6.06. The molecule has 176 valence electrons. The van der Waals surface area contributed by atoms with E-state index in [0.29, 0.717) is 42.3 Å². The number of nitrogens with one attached hydrogen (secondary N) is 1. The molecule has 0 amide bonds. The molecular formula is C22H28N6O3S2. The van der Waals surface area contributed by atoms with E-state index in [4.69, 9.17) is 5.73 Å². The van der Waals surface area contributed by atoms with Crippen LogP contribution in [-0.4, -0.2) is 46.0 Å². The standard InChI is InChI=1S/C22H28N6O3S2/c1-13(2)11-26-33(30,31)8-4-7-28-21-19(20(23)24-12-25-21)27-22(28)32-18-10-16-15(9-14(18)3)5-6-17(16)29/h9-10,12-13,26H,4-8,11H2,1-3H3,(H2,23,24,25). The third-order valence-electron chi connectivity index (χ3n) is 5.56. The highest BCUT2D eigenvalue weighted by Crippen LogP contribution is 2.36. The minimum absolute atomic E-state index is 0.00353. The Bertz CT molecular complexity index is 1320. The molecule has 2 aromatic heterocycles. The Hall–Kier alpha value is -2.50. The van der Waals surface area contributed by atoms with Gasteiger partial charge in [0.25, 0.3) is 0 Å². The zero-order valence-corrected chi connectivity index (χ0v) is 20.6. The highest BCUT2D eigenvalue weighted by molar-refractivity contribution is 7.99. The summed E-state index contributed by atoms with van der Waals surface area (Å²) in [7, 11) is -3.37. The molecule has 0 fully saturated rings. The summed E-state index contributed by atoms with van der Waals surface area (Å²) >= 11 is 1.43. The number of imidazole rings is 1. The number of ketones is 1. The Balaban J connectivity index is 1.61. The van der Waals surface area contributed by atoms with Crippen molar-refractivity contribution >= 4 is 44.6 Å². The van der Waals surface area contributed by atoms with Crippen molar-refractivity contribution in [3.05, 3.63) is 35.2 Å². The summed E-state index contributed by atoms with van der Waals surface area (Å²) in [6.45, 7) is 6.75. The number of aromatic nitrogens is 4. The van der Waals surface area contributed by atoms with Crippen LogP contribution >= 0.6 is 11.8 Å². The fourth-order valence-electron chi connectivity index (χ4n) is 3.80. The number of Topliss-reactive ketones (excluding diaryl/α,β-unsaturated/α-hetero) is 1. The van der Waals surface area contributed by atoms with Crippen LogP contribution in [0.15, 0.2) is 28.5 Å². The van der Waals surface area contributed by atoms with Crippen LogP contribution in [0.4, 0.5) is 5.82 Å². The summed E-state index contributed by atoms with van der Waals surface area (Å²) in [6, 6.07) is 4.00. The van der Waals surface area contributed by atoms with Crippen molar-refractivity contribution in [3.8, 4) is 0 Å². The Kier molecular flexibility index (Phi) is 6.73. The van der Waals surface area contributed by atoms with E-state index in [1.54, 1.807) is 0 Å². The first-order valence-corrected chi connectivity index (χ1v) is 13.4. The number of hydrogen-bond donors (Lipinski definition) is 2. The molecule has 0 atom stereocenters. The lowest BCUT2D eigenvalue weighted by atomic mass is 10.1. The van der Waals surface area contributed by atoms with E-state index in [-0.39, 0.29) is 23.3 Å². The second kappa shape index (κ2) is 9.40. The highest BCUT2D eigenvalue weighted by atomic mass is 32.2. The van der Waals surface area contributed by atoms with Crippen molar-refractivity contribution in [1.82, 2.24) is 24.2 Å². The third kappa shape index (κ3) is 5.20. The average Bonchev–Trinajstić information content (AvgIpc) is 3.28. The molecular weight excluding hydrogens is 460 g/mol. The van der Waals surface area contributed by atoms with Gasteiger partial charge in [-0.05, 0) is 42.9 Å². The zero-order chi connectivity index (χ0) is 23.8. The lowest BCUT2D eigenvalue weighted by Crippen LogP contribution is -2.30. The highest BCUT2D eigenvalue weighted by Gasteiger charge is 2.23. The monoisotopic (exact) mass is 488 g/mol. The number of nitrogen functional groups attached to an aromatic ring is 1. The first-order chi connectivity index (χ1) is 15.6. The van der Waals surface area contributed by atoms with Crippen LogP contribution in [0.5, 0.6) is 0 Å². The Labute approximate surface area is 197 Å². The zero-order valence-electron chi connectivity index (χ0n) is 19.0. The van der Waals surface area contributed by atoms with E-state index in [9.17, 15) is 13.2 Å². The first-order valence-electron chi connectivity index (χ1n) is 10.9. The summed E-state index contributed by atoms with van der Waals surface area (Å²) in [5.74, 6) is 0.668. The molecule has 9 nitrogen and oxygen atoms in total. The number of anilines is 1. The van der Waals surface area contributed by atoms with Crippen molar-refractivity contribution in [3.63, 3.8) is 0 Å². The van der Waals surface area contributed by atoms with Crippen LogP contribution in [-0.2, 0) is 23.0 Å². The van der Waals surface area contributed by atoms with Gasteiger partial charge in [0.15, 0.2) is 27.9 Å². The summed E-state index contributed by atoms with van der Waals surface area (Å²) in [6.07, 6.45) is 3.10. The van der Waals surface area contributed by atoms with E-state index in [1.165, 1.54) is 18.1 Å². The number of rotatable bonds is 9. The SMILES string of the molecule is Cc1cc2c(cc1Sc1nc3c(N)ncnc3n1CCCS(=O)(=O)NCC(C)C)C(=O)CC2. The first kappa shape index (κ1) is 23.7. The number of hydrogen-bond acceptors (Lipinski definition) is 8. The van der Waals surface area contributed by atoms with Crippen molar-refractivity contribution in [2.75, 3.05) is 18.0 Å². The number of benzene rings is 1. The molecule has 0 saturated heterocycles. The van der Waals surface area contributed by atoms with Gasteiger partial charge in [0.05, 0.1) is 5.75 Å². The van der Waals surface area contributed by atoms with E-state index in [2.05, 4.69) is 25.7 Å². The minimum Gasteiger partial charge on any atom is -0.382 e. The molecule has 11 heteroatoms. The molecule has 1 aliphatic rings. The van der Waals surface area contributed by atoms with Crippen molar-refractivity contribution in [1.29, 1.82) is 0 Å². The van der Waals surface area contributed by atoms with Gasteiger partial charge in [-0.15, -0.1) is 0 Å². The minimum atomic E-state index is -3.37. The second-order valence-corrected chi connectivity index (χ2v) is 11.6. The van der Waals surface area contributed by atoms with Gasteiger partial charge < -0.3 is 10.3 Å². The molecule has 4 rings (SSSR count). The Morgan fingerprint density at radius 1 is 1.24 bits per heavy atom.